The summed E-state index contributed by atoms with van der Waals surface area (Å²) in [6.07, 6.45) is 4.34. The zero-order chi connectivity index (χ0) is 10.2. The van der Waals surface area contributed by atoms with Crippen LogP contribution in [0.3, 0.4) is 0 Å². The van der Waals surface area contributed by atoms with Gasteiger partial charge in [-0.05, 0) is 5.56 Å². The molecule has 0 amide bonds. The van der Waals surface area contributed by atoms with Gasteiger partial charge in [-0.25, -0.2) is 0 Å². The second-order valence-corrected chi connectivity index (χ2v) is 4.66. The van der Waals surface area contributed by atoms with Gasteiger partial charge in [-0.1, -0.05) is 49.4 Å². The monoisotopic (exact) mass is 207 g/mol. The van der Waals surface area contributed by atoms with Gasteiger partial charge in [0.2, 0.25) is 0 Å². The minimum absolute atomic E-state index is 0.551. The Bertz CT molecular complexity index is 269. The van der Waals surface area contributed by atoms with E-state index >= 15 is 0 Å². The topological polar surface area (TPSA) is 26.0 Å². The molecule has 1 aromatic carbocycles. The van der Waals surface area contributed by atoms with Gasteiger partial charge in [0, 0.05) is 17.5 Å². The van der Waals surface area contributed by atoms with E-state index in [2.05, 4.69) is 43.3 Å². The lowest BCUT2D eigenvalue weighted by atomic mass is 10.2. The van der Waals surface area contributed by atoms with Gasteiger partial charge in [0.1, 0.15) is 0 Å². The highest BCUT2D eigenvalue weighted by Gasteiger charge is 1.95. The van der Waals surface area contributed by atoms with E-state index in [4.69, 9.17) is 5.73 Å². The molecule has 2 heteroatoms. The van der Waals surface area contributed by atoms with Gasteiger partial charge in [0.15, 0.2) is 0 Å². The molecule has 0 fully saturated rings. The summed E-state index contributed by atoms with van der Waals surface area (Å²) in [4.78, 5) is 0. The van der Waals surface area contributed by atoms with E-state index in [1.165, 1.54) is 5.56 Å². The first kappa shape index (κ1) is 11.3. The van der Waals surface area contributed by atoms with Crippen molar-refractivity contribution in [1.29, 1.82) is 0 Å². The molecule has 0 heterocycles. The smallest absolute Gasteiger partial charge is 0.0145 e. The molecule has 1 unspecified atom stereocenters. The maximum absolute atomic E-state index is 5.52. The van der Waals surface area contributed by atoms with Crippen LogP contribution >= 0.6 is 11.8 Å². The van der Waals surface area contributed by atoms with Crippen molar-refractivity contribution in [2.45, 2.75) is 12.2 Å². The lowest BCUT2D eigenvalue weighted by Gasteiger charge is -2.04. The quantitative estimate of drug-likeness (QED) is 0.803. The SMILES string of the molecule is CC(CN)SCC=Cc1ccccc1. The largest absolute Gasteiger partial charge is 0.329 e. The highest BCUT2D eigenvalue weighted by molar-refractivity contribution is 8.00. The van der Waals surface area contributed by atoms with Crippen molar-refractivity contribution in [3.05, 3.63) is 42.0 Å². The maximum atomic E-state index is 5.52. The molecule has 0 spiro atoms. The Balaban J connectivity index is 2.28. The van der Waals surface area contributed by atoms with Crippen molar-refractivity contribution in [3.63, 3.8) is 0 Å². The summed E-state index contributed by atoms with van der Waals surface area (Å²) in [5.41, 5.74) is 6.78. The number of hydrogen-bond acceptors (Lipinski definition) is 2. The highest BCUT2D eigenvalue weighted by Crippen LogP contribution is 2.09. The van der Waals surface area contributed by atoms with E-state index in [1.54, 1.807) is 0 Å². The summed E-state index contributed by atoms with van der Waals surface area (Å²) in [6, 6.07) is 10.3. The summed E-state index contributed by atoms with van der Waals surface area (Å²) in [7, 11) is 0. The van der Waals surface area contributed by atoms with E-state index in [1.807, 2.05) is 17.8 Å². The van der Waals surface area contributed by atoms with Crippen LogP contribution in [0.5, 0.6) is 0 Å². The van der Waals surface area contributed by atoms with E-state index < -0.39 is 0 Å². The minimum Gasteiger partial charge on any atom is -0.329 e. The molecule has 2 N–H and O–H groups in total. The molecule has 0 bridgehead atoms. The Morgan fingerprint density at radius 3 is 2.71 bits per heavy atom. The van der Waals surface area contributed by atoms with Crippen molar-refractivity contribution in [2.75, 3.05) is 12.3 Å². The third kappa shape index (κ3) is 4.49. The molecule has 0 aliphatic rings. The zero-order valence-corrected chi connectivity index (χ0v) is 9.34. The third-order valence-electron chi connectivity index (χ3n) is 1.92. The van der Waals surface area contributed by atoms with Gasteiger partial charge in [0.05, 0.1) is 0 Å². The molecule has 0 aliphatic heterocycles. The summed E-state index contributed by atoms with van der Waals surface area (Å²) < 4.78 is 0. The van der Waals surface area contributed by atoms with Crippen LogP contribution in [-0.2, 0) is 0 Å². The molecule has 0 saturated heterocycles. The van der Waals surface area contributed by atoms with Crippen molar-refractivity contribution < 1.29 is 0 Å². The number of thioether (sulfide) groups is 1. The average molecular weight is 207 g/mol. The Hall–Kier alpha value is -0.730. The first-order valence-electron chi connectivity index (χ1n) is 4.86. The summed E-state index contributed by atoms with van der Waals surface area (Å²) in [5, 5.41) is 0.551. The van der Waals surface area contributed by atoms with Crippen LogP contribution < -0.4 is 5.73 Å². The lowest BCUT2D eigenvalue weighted by molar-refractivity contribution is 0.953. The predicted molar refractivity (Wildman–Crippen MR) is 66.5 cm³/mol. The number of nitrogens with two attached hydrogens (primary N) is 1. The number of benzene rings is 1. The lowest BCUT2D eigenvalue weighted by Crippen LogP contribution is -2.12. The summed E-state index contributed by atoms with van der Waals surface area (Å²) in [6.45, 7) is 2.91. The first-order valence-corrected chi connectivity index (χ1v) is 5.91. The van der Waals surface area contributed by atoms with Crippen molar-refractivity contribution >= 4 is 17.8 Å². The van der Waals surface area contributed by atoms with Crippen LogP contribution in [0.25, 0.3) is 6.08 Å². The van der Waals surface area contributed by atoms with Gasteiger partial charge in [0.25, 0.3) is 0 Å². The summed E-state index contributed by atoms with van der Waals surface area (Å²) >= 11 is 1.88. The van der Waals surface area contributed by atoms with Crippen LogP contribution in [0.4, 0.5) is 0 Å². The van der Waals surface area contributed by atoms with E-state index in [0.29, 0.717) is 5.25 Å². The van der Waals surface area contributed by atoms with Crippen molar-refractivity contribution in [1.82, 2.24) is 0 Å². The Kier molecular flexibility index (Phi) is 5.42. The van der Waals surface area contributed by atoms with Crippen LogP contribution in [0, 0.1) is 0 Å². The zero-order valence-electron chi connectivity index (χ0n) is 8.52. The third-order valence-corrected chi connectivity index (χ3v) is 3.07. The molecule has 1 aromatic rings. The molecule has 1 rings (SSSR count). The molecule has 1 nitrogen and oxygen atoms in total. The van der Waals surface area contributed by atoms with Gasteiger partial charge in [-0.3, -0.25) is 0 Å². The molecule has 0 aromatic heterocycles. The number of hydrogen-bond donors (Lipinski definition) is 1. The van der Waals surface area contributed by atoms with Gasteiger partial charge < -0.3 is 5.73 Å². The molecular weight excluding hydrogens is 190 g/mol. The standard InChI is InChI=1S/C12H17NS/c1-11(10-13)14-9-5-8-12-6-3-2-4-7-12/h2-8,11H,9-10,13H2,1H3. The molecule has 76 valence electrons. The van der Waals surface area contributed by atoms with Crippen molar-refractivity contribution in [2.24, 2.45) is 5.73 Å². The van der Waals surface area contributed by atoms with Crippen LogP contribution in [0.2, 0.25) is 0 Å². The highest BCUT2D eigenvalue weighted by atomic mass is 32.2. The normalized spacial score (nSPS) is 13.3. The average Bonchev–Trinajstić information content (AvgIpc) is 2.25. The molecule has 0 radical (unpaired) electrons. The van der Waals surface area contributed by atoms with Crippen molar-refractivity contribution in [3.8, 4) is 0 Å². The van der Waals surface area contributed by atoms with E-state index in [0.717, 1.165) is 12.3 Å². The fourth-order valence-electron chi connectivity index (χ4n) is 1.04. The van der Waals surface area contributed by atoms with Gasteiger partial charge in [-0.15, -0.1) is 0 Å². The minimum atomic E-state index is 0.551. The second kappa shape index (κ2) is 6.68. The van der Waals surface area contributed by atoms with Gasteiger partial charge in [-0.2, -0.15) is 11.8 Å². The molecular formula is C12H17NS. The van der Waals surface area contributed by atoms with Crippen LogP contribution in [-0.4, -0.2) is 17.5 Å². The van der Waals surface area contributed by atoms with Gasteiger partial charge >= 0.3 is 0 Å². The molecule has 0 saturated carbocycles. The number of rotatable bonds is 5. The second-order valence-electron chi connectivity index (χ2n) is 3.19. The predicted octanol–water partition coefficient (Wildman–Crippen LogP) is 2.78. The van der Waals surface area contributed by atoms with E-state index in [9.17, 15) is 0 Å². The van der Waals surface area contributed by atoms with Crippen LogP contribution in [0.1, 0.15) is 12.5 Å². The maximum Gasteiger partial charge on any atom is 0.0145 e. The fourth-order valence-corrected chi connectivity index (χ4v) is 1.71. The molecule has 14 heavy (non-hydrogen) atoms. The van der Waals surface area contributed by atoms with E-state index in [-0.39, 0.29) is 0 Å². The molecule has 1 atom stereocenters. The molecule has 0 aliphatic carbocycles. The van der Waals surface area contributed by atoms with Crippen LogP contribution in [0.15, 0.2) is 36.4 Å². The fraction of sp³-hybridized carbons (Fsp3) is 0.333. The first-order chi connectivity index (χ1) is 6.83. The Morgan fingerprint density at radius 2 is 2.07 bits per heavy atom. The Labute approximate surface area is 90.4 Å². The summed E-state index contributed by atoms with van der Waals surface area (Å²) in [5.74, 6) is 1.03. The Morgan fingerprint density at radius 1 is 1.36 bits per heavy atom.